The molecule has 0 fully saturated rings. The molecule has 0 spiro atoms. The summed E-state index contributed by atoms with van der Waals surface area (Å²) in [7, 11) is 0. The van der Waals surface area contributed by atoms with E-state index >= 15 is 0 Å². The van der Waals surface area contributed by atoms with E-state index in [1.807, 2.05) is 6.92 Å². The van der Waals surface area contributed by atoms with Crippen LogP contribution in [0, 0.1) is 0 Å². The second-order valence-corrected chi connectivity index (χ2v) is 5.87. The largest absolute Gasteiger partial charge is 0.369 e. The molecular formula is C7H20AsClN2O3. The molecule has 0 atom stereocenters. The molecule has 0 unspecified atom stereocenters. The third-order valence-corrected chi connectivity index (χ3v) is 3.26. The van der Waals surface area contributed by atoms with Crippen molar-refractivity contribution in [3.63, 3.8) is 0 Å². The van der Waals surface area contributed by atoms with Crippen LogP contribution in [-0.4, -0.2) is 14.2 Å². The van der Waals surface area contributed by atoms with E-state index in [9.17, 15) is 11.9 Å². The van der Waals surface area contributed by atoms with Crippen LogP contribution in [0.25, 0.3) is 0 Å². The summed E-state index contributed by atoms with van der Waals surface area (Å²) in [5.74, 6) is 0. The predicted molar refractivity (Wildman–Crippen MR) is 56.5 cm³/mol. The van der Waals surface area contributed by atoms with Crippen molar-refractivity contribution < 1.29 is 11.9 Å². The Balaban J connectivity index is -0.000000605. The third-order valence-electron chi connectivity index (χ3n) is 1.32. The molecule has 0 amide bonds. The first kappa shape index (κ1) is 19.7. The summed E-state index contributed by atoms with van der Waals surface area (Å²) in [6, 6.07) is 0. The molecule has 0 aromatic rings. The first-order chi connectivity index (χ1) is 5.45. The first-order valence-corrected chi connectivity index (χ1v) is 7.60. The average molecular weight is 291 g/mol. The molecule has 5 nitrogen and oxygen atoms in total. The molecule has 0 bridgehead atoms. The maximum Gasteiger partial charge on any atom is -0.369 e. The number of hydrogen-bond donors (Lipinski definition) is 2. The van der Waals surface area contributed by atoms with Crippen LogP contribution in [0.15, 0.2) is 9.90 Å². The minimum Gasteiger partial charge on any atom is -0.369 e. The summed E-state index contributed by atoms with van der Waals surface area (Å²) < 4.78 is 30.7. The fourth-order valence-corrected chi connectivity index (χ4v) is 2.53. The van der Waals surface area contributed by atoms with Gasteiger partial charge in [-0.15, -0.1) is 0 Å². The fourth-order valence-electron chi connectivity index (χ4n) is 0.780. The molecule has 8 N–H and O–H groups in total. The Morgan fingerprint density at radius 1 is 1.36 bits per heavy atom. The molecule has 7 heteroatoms. The van der Waals surface area contributed by atoms with Crippen molar-refractivity contribution in [3.05, 3.63) is 9.90 Å². The van der Waals surface area contributed by atoms with Gasteiger partial charge in [0.25, 0.3) is 0 Å². The Labute approximate surface area is 92.7 Å². The zero-order valence-electron chi connectivity index (χ0n) is 8.96. The second-order valence-electron chi connectivity index (χ2n) is 2.57. The minimum absolute atomic E-state index is 0. The first-order valence-electron chi connectivity index (χ1n) is 3.84. The summed E-state index contributed by atoms with van der Waals surface area (Å²) in [5.41, 5.74) is 0. The van der Waals surface area contributed by atoms with Crippen LogP contribution in [0.4, 0.5) is 0 Å². The summed E-state index contributed by atoms with van der Waals surface area (Å²) in [4.78, 5) is 0.662. The molecule has 0 heterocycles. The van der Waals surface area contributed by atoms with Crippen molar-refractivity contribution in [2.45, 2.75) is 32.6 Å². The molecule has 0 saturated carbocycles. The van der Waals surface area contributed by atoms with Gasteiger partial charge >= 0.3 is 80.2 Å². The molecule has 14 heavy (non-hydrogen) atoms. The van der Waals surface area contributed by atoms with E-state index in [-0.39, 0.29) is 17.3 Å². The maximum absolute atomic E-state index is 10.2. The van der Waals surface area contributed by atoms with Gasteiger partial charge in [-0.25, -0.2) is 0 Å². The van der Waals surface area contributed by atoms with Crippen LogP contribution < -0.4 is 20.5 Å². The monoisotopic (exact) mass is 290 g/mol. The van der Waals surface area contributed by atoms with E-state index < -0.39 is 14.2 Å². The van der Waals surface area contributed by atoms with Gasteiger partial charge in [-0.2, -0.15) is 0 Å². The summed E-state index contributed by atoms with van der Waals surface area (Å²) >= 11 is 0.372. The molecule has 0 aromatic heterocycles. The van der Waals surface area contributed by atoms with Gasteiger partial charge in [0.15, 0.2) is 0 Å². The maximum atomic E-state index is 10.2. The van der Waals surface area contributed by atoms with E-state index in [1.54, 1.807) is 0 Å². The molecule has 0 aliphatic carbocycles. The number of rotatable bonds is 5. The molecule has 0 aromatic carbocycles. The Kier molecular flexibility index (Phi) is 13.8. The van der Waals surface area contributed by atoms with E-state index in [1.165, 1.54) is 0 Å². The average Bonchev–Trinajstić information content (AvgIpc) is 1.84. The number of allylic oxidation sites excluding steroid dienone is 1. The van der Waals surface area contributed by atoms with E-state index in [4.69, 9.17) is 11.6 Å². The molecule has 0 aliphatic rings. The standard InChI is InChI=1S/C7H14AsClO3.2H3N/c1-2-3-4-5-7(9)6-8(10,11)12;;/h6H,2-5H2,1H3,(H2,10,11,12);2*1H3/b7-6-;;. The van der Waals surface area contributed by atoms with Gasteiger partial charge < -0.3 is 12.3 Å². The number of hydrogen-bond acceptors (Lipinski definition) is 3. The third kappa shape index (κ3) is 14.7. The molecule has 0 saturated heterocycles. The van der Waals surface area contributed by atoms with E-state index in [2.05, 4.69) is 0 Å². The number of halogens is 1. The van der Waals surface area contributed by atoms with Gasteiger partial charge in [0.05, 0.1) is 0 Å². The van der Waals surface area contributed by atoms with Crippen LogP contribution in [0.2, 0.25) is 0 Å². The molecule has 0 rings (SSSR count). The van der Waals surface area contributed by atoms with E-state index in [0.717, 1.165) is 19.3 Å². The second kappa shape index (κ2) is 9.77. The summed E-state index contributed by atoms with van der Waals surface area (Å²) in [6.45, 7) is 2.04. The van der Waals surface area contributed by atoms with Gasteiger partial charge in [-0.1, -0.05) is 0 Å². The number of unbranched alkanes of at least 4 members (excludes halogenated alkanes) is 2. The Bertz CT molecular complexity index is 205. The molecule has 0 aliphatic heterocycles. The molecule has 0 radical (unpaired) electrons. The van der Waals surface area contributed by atoms with Crippen LogP contribution in [0.5, 0.6) is 0 Å². The van der Waals surface area contributed by atoms with Crippen LogP contribution in [-0.2, 0) is 3.74 Å². The normalized spacial score (nSPS) is 11.6. The minimum atomic E-state index is -5.13. The topological polar surface area (TPSA) is 136 Å². The van der Waals surface area contributed by atoms with Crippen molar-refractivity contribution >= 4 is 25.8 Å². The Morgan fingerprint density at radius 3 is 2.21 bits per heavy atom. The van der Waals surface area contributed by atoms with Gasteiger partial charge in [-0.05, 0) is 0 Å². The SMILES string of the molecule is CCCCC/C(Cl)=C/[As](=O)([O-])[O-].[NH4+].[NH4+]. The van der Waals surface area contributed by atoms with Crippen LogP contribution in [0.3, 0.4) is 0 Å². The molecule has 88 valence electrons. The van der Waals surface area contributed by atoms with Crippen molar-refractivity contribution in [2.75, 3.05) is 0 Å². The van der Waals surface area contributed by atoms with Crippen molar-refractivity contribution in [2.24, 2.45) is 0 Å². The smallest absolute Gasteiger partial charge is 0.369 e. The van der Waals surface area contributed by atoms with Crippen molar-refractivity contribution in [1.29, 1.82) is 0 Å². The molecular weight excluding hydrogens is 270 g/mol. The predicted octanol–water partition coefficient (Wildman–Crippen LogP) is 1.07. The van der Waals surface area contributed by atoms with Crippen molar-refractivity contribution in [3.8, 4) is 0 Å². The van der Waals surface area contributed by atoms with Gasteiger partial charge in [-0.3, -0.25) is 0 Å². The van der Waals surface area contributed by atoms with E-state index in [0.29, 0.717) is 11.3 Å². The zero-order chi connectivity index (χ0) is 9.61. The van der Waals surface area contributed by atoms with Gasteiger partial charge in [0, 0.05) is 0 Å². The zero-order valence-corrected chi connectivity index (χ0v) is 11.6. The van der Waals surface area contributed by atoms with Crippen molar-refractivity contribution in [1.82, 2.24) is 12.3 Å². The van der Waals surface area contributed by atoms with Gasteiger partial charge in [0.1, 0.15) is 0 Å². The Hall–Kier alpha value is 0.228. The van der Waals surface area contributed by atoms with Crippen LogP contribution in [0.1, 0.15) is 32.6 Å². The fraction of sp³-hybridized carbons (Fsp3) is 0.714. The Morgan fingerprint density at radius 2 is 1.86 bits per heavy atom. The number of quaternary nitrogens is 2. The summed E-state index contributed by atoms with van der Waals surface area (Å²) in [5, 5.41) is 0.163. The van der Waals surface area contributed by atoms with Crippen LogP contribution >= 0.6 is 11.6 Å². The summed E-state index contributed by atoms with van der Waals surface area (Å²) in [6.07, 6.45) is 3.37. The van der Waals surface area contributed by atoms with Gasteiger partial charge in [0.2, 0.25) is 0 Å². The quantitative estimate of drug-likeness (QED) is 0.578.